The molecule has 5 nitrogen and oxygen atoms in total. The first kappa shape index (κ1) is 27.4. The summed E-state index contributed by atoms with van der Waals surface area (Å²) in [7, 11) is 0. The first-order valence-electron chi connectivity index (χ1n) is 11.7. The molecule has 1 saturated heterocycles. The van der Waals surface area contributed by atoms with E-state index in [0.717, 1.165) is 11.3 Å². The van der Waals surface area contributed by atoms with Crippen molar-refractivity contribution in [3.63, 3.8) is 0 Å². The number of thiocarbonyl (C=S) groups is 1. The molecular formula is C27H32ClNO4S2. The van der Waals surface area contributed by atoms with Gasteiger partial charge >= 0.3 is 0 Å². The Balaban J connectivity index is 1.61. The van der Waals surface area contributed by atoms with Crippen molar-refractivity contribution >= 4 is 51.9 Å². The van der Waals surface area contributed by atoms with Crippen molar-refractivity contribution < 1.29 is 19.0 Å². The Morgan fingerprint density at radius 1 is 1.06 bits per heavy atom. The number of amides is 1. The molecule has 3 rings (SSSR count). The van der Waals surface area contributed by atoms with Crippen LogP contribution in [0.4, 0.5) is 0 Å². The second-order valence-corrected chi connectivity index (χ2v) is 11.1. The molecule has 2 aromatic carbocycles. The summed E-state index contributed by atoms with van der Waals surface area (Å²) in [5.74, 6) is 1.77. The number of rotatable bonds is 10. The lowest BCUT2D eigenvalue weighted by Gasteiger charge is -2.19. The molecule has 1 amide bonds. The number of hydrogen-bond donors (Lipinski definition) is 0. The summed E-state index contributed by atoms with van der Waals surface area (Å²) in [6.07, 6.45) is 2.47. The Hall–Kier alpha value is -2.22. The molecule has 35 heavy (non-hydrogen) atoms. The predicted octanol–water partition coefficient (Wildman–Crippen LogP) is 7.11. The third-order valence-corrected chi connectivity index (χ3v) is 7.00. The average molecular weight is 534 g/mol. The van der Waals surface area contributed by atoms with Gasteiger partial charge in [0.05, 0.1) is 29.7 Å². The largest absolute Gasteiger partial charge is 0.493 e. The summed E-state index contributed by atoms with van der Waals surface area (Å²) in [5, 5.41) is 0.423. The Labute approximate surface area is 222 Å². The molecule has 0 aliphatic carbocycles. The quantitative estimate of drug-likeness (QED) is 0.184. The lowest BCUT2D eigenvalue weighted by atomic mass is 9.87. The van der Waals surface area contributed by atoms with Gasteiger partial charge in [0.2, 0.25) is 0 Å². The minimum Gasteiger partial charge on any atom is -0.493 e. The van der Waals surface area contributed by atoms with Gasteiger partial charge in [-0.15, -0.1) is 0 Å². The lowest BCUT2D eigenvalue weighted by Crippen LogP contribution is -2.27. The maximum atomic E-state index is 12.5. The highest BCUT2D eigenvalue weighted by molar-refractivity contribution is 8.26. The number of likely N-dealkylation sites (N-methyl/N-ethyl adjacent to an activating group) is 1. The zero-order valence-electron chi connectivity index (χ0n) is 20.9. The van der Waals surface area contributed by atoms with Crippen LogP contribution in [0.2, 0.25) is 5.02 Å². The standard InChI is InChI=1S/C27H32ClNO4S2/c1-6-29-25(30)23(35-26(29)34)17-18-15-21(28)24(22(16-18)31-7-2)33-14-8-13-32-20-11-9-19(10-12-20)27(3,4)5/h9-12,15-17H,6-8,13-14H2,1-5H3. The SMILES string of the molecule is CCOc1cc(C=C2SC(=S)N(CC)C2=O)cc(Cl)c1OCCCOc1ccc(C(C)(C)C)cc1. The second kappa shape index (κ2) is 12.2. The molecule has 2 aromatic rings. The molecule has 0 atom stereocenters. The topological polar surface area (TPSA) is 48.0 Å². The van der Waals surface area contributed by atoms with Crippen molar-refractivity contribution in [2.24, 2.45) is 0 Å². The molecule has 8 heteroatoms. The monoisotopic (exact) mass is 533 g/mol. The molecule has 188 valence electrons. The van der Waals surface area contributed by atoms with Crippen LogP contribution in [0.25, 0.3) is 6.08 Å². The van der Waals surface area contributed by atoms with Crippen molar-refractivity contribution in [2.75, 3.05) is 26.4 Å². The van der Waals surface area contributed by atoms with Gasteiger partial charge in [0, 0.05) is 13.0 Å². The molecular weight excluding hydrogens is 502 g/mol. The lowest BCUT2D eigenvalue weighted by molar-refractivity contribution is -0.121. The molecule has 0 radical (unpaired) electrons. The number of carbonyl (C=O) groups is 1. The molecule has 1 fully saturated rings. The number of benzene rings is 2. The van der Waals surface area contributed by atoms with Crippen LogP contribution in [-0.4, -0.2) is 41.5 Å². The molecule has 0 aromatic heterocycles. The van der Waals surface area contributed by atoms with Crippen LogP contribution in [0.15, 0.2) is 41.3 Å². The fourth-order valence-corrected chi connectivity index (χ4v) is 5.13. The van der Waals surface area contributed by atoms with Gasteiger partial charge in [-0.25, -0.2) is 0 Å². The first-order valence-corrected chi connectivity index (χ1v) is 13.3. The van der Waals surface area contributed by atoms with E-state index in [9.17, 15) is 4.79 Å². The number of hydrogen-bond acceptors (Lipinski definition) is 6. The molecule has 1 aliphatic rings. The third kappa shape index (κ3) is 7.15. The molecule has 1 aliphatic heterocycles. The molecule has 0 spiro atoms. The fraction of sp³-hybridized carbons (Fsp3) is 0.407. The van der Waals surface area contributed by atoms with Gasteiger partial charge in [-0.1, -0.05) is 68.5 Å². The third-order valence-electron chi connectivity index (χ3n) is 5.34. The highest BCUT2D eigenvalue weighted by Gasteiger charge is 2.30. The minimum absolute atomic E-state index is 0.0926. The number of carbonyl (C=O) groups excluding carboxylic acids is 1. The average Bonchev–Trinajstić information content (AvgIpc) is 3.07. The molecule has 0 bridgehead atoms. The predicted molar refractivity (Wildman–Crippen MR) is 149 cm³/mol. The normalized spacial score (nSPS) is 15.1. The summed E-state index contributed by atoms with van der Waals surface area (Å²) in [5.41, 5.74) is 2.14. The smallest absolute Gasteiger partial charge is 0.266 e. The van der Waals surface area contributed by atoms with E-state index < -0.39 is 0 Å². The van der Waals surface area contributed by atoms with E-state index in [0.29, 0.717) is 58.5 Å². The zero-order chi connectivity index (χ0) is 25.6. The van der Waals surface area contributed by atoms with Crippen molar-refractivity contribution in [3.05, 3.63) is 57.5 Å². The van der Waals surface area contributed by atoms with Crippen LogP contribution in [-0.2, 0) is 10.2 Å². The van der Waals surface area contributed by atoms with Crippen molar-refractivity contribution in [2.45, 2.75) is 46.5 Å². The van der Waals surface area contributed by atoms with E-state index in [4.69, 9.17) is 38.0 Å². The molecule has 0 unspecified atom stereocenters. The van der Waals surface area contributed by atoms with E-state index in [2.05, 4.69) is 32.9 Å². The fourth-order valence-electron chi connectivity index (χ4n) is 3.47. The molecule has 1 heterocycles. The van der Waals surface area contributed by atoms with Crippen LogP contribution < -0.4 is 14.2 Å². The van der Waals surface area contributed by atoms with Gasteiger partial charge in [0.1, 0.15) is 10.1 Å². The Morgan fingerprint density at radius 2 is 1.74 bits per heavy atom. The molecule has 0 N–H and O–H groups in total. The van der Waals surface area contributed by atoms with E-state index >= 15 is 0 Å². The highest BCUT2D eigenvalue weighted by Crippen LogP contribution is 2.39. The first-order chi connectivity index (χ1) is 16.6. The van der Waals surface area contributed by atoms with E-state index in [1.165, 1.54) is 17.3 Å². The van der Waals surface area contributed by atoms with Crippen LogP contribution in [0.3, 0.4) is 0 Å². The van der Waals surface area contributed by atoms with Gasteiger partial charge in [-0.05, 0) is 60.7 Å². The summed E-state index contributed by atoms with van der Waals surface area (Å²) in [6, 6.07) is 11.8. The van der Waals surface area contributed by atoms with Gasteiger partial charge in [-0.3, -0.25) is 9.69 Å². The van der Waals surface area contributed by atoms with Gasteiger partial charge in [0.15, 0.2) is 11.5 Å². The molecule has 0 saturated carbocycles. The van der Waals surface area contributed by atoms with Gasteiger partial charge in [0.25, 0.3) is 5.91 Å². The van der Waals surface area contributed by atoms with Gasteiger partial charge in [-0.2, -0.15) is 0 Å². The Bertz CT molecular complexity index is 1090. The van der Waals surface area contributed by atoms with Crippen LogP contribution in [0.5, 0.6) is 17.2 Å². The zero-order valence-corrected chi connectivity index (χ0v) is 23.2. The van der Waals surface area contributed by atoms with Crippen LogP contribution in [0, 0.1) is 0 Å². The highest BCUT2D eigenvalue weighted by atomic mass is 35.5. The second-order valence-electron chi connectivity index (χ2n) is 9.01. The maximum Gasteiger partial charge on any atom is 0.266 e. The van der Waals surface area contributed by atoms with E-state index in [1.54, 1.807) is 17.0 Å². The maximum absolute atomic E-state index is 12.5. The van der Waals surface area contributed by atoms with Crippen molar-refractivity contribution in [1.82, 2.24) is 4.90 Å². The summed E-state index contributed by atoms with van der Waals surface area (Å²) >= 11 is 13.1. The van der Waals surface area contributed by atoms with Gasteiger partial charge < -0.3 is 14.2 Å². The van der Waals surface area contributed by atoms with Crippen molar-refractivity contribution in [1.29, 1.82) is 0 Å². The Morgan fingerprint density at radius 3 is 2.34 bits per heavy atom. The van der Waals surface area contributed by atoms with Crippen LogP contribution in [0.1, 0.15) is 52.2 Å². The Kier molecular flexibility index (Phi) is 9.50. The van der Waals surface area contributed by atoms with Crippen molar-refractivity contribution in [3.8, 4) is 17.2 Å². The number of nitrogens with zero attached hydrogens (tertiary/aromatic N) is 1. The summed E-state index contributed by atoms with van der Waals surface area (Å²) < 4.78 is 18.2. The van der Waals surface area contributed by atoms with E-state index in [-0.39, 0.29) is 11.3 Å². The van der Waals surface area contributed by atoms with E-state index in [1.807, 2.05) is 32.0 Å². The number of halogens is 1. The summed E-state index contributed by atoms with van der Waals surface area (Å²) in [6.45, 7) is 12.3. The number of thioether (sulfide) groups is 1. The number of ether oxygens (including phenoxy) is 3. The minimum atomic E-state index is -0.0926. The van der Waals surface area contributed by atoms with Crippen LogP contribution >= 0.6 is 35.6 Å². The summed E-state index contributed by atoms with van der Waals surface area (Å²) in [4.78, 5) is 14.7.